The van der Waals surface area contributed by atoms with E-state index in [1.54, 1.807) is 54.6 Å². The standard InChI is InChI=1S/C34H41Cl2N3O5S/c1-4-32(34(41)37-26-9-7-6-8-10-26)38(22-25-13-20-30(35)31(36)21-25)33(40)23-39(27-14-16-28(17-15-27)44-5-2)45(42,43)29-18-11-24(3)12-19-29/h11-21,26,32H,4-10,22-23H2,1-3H3,(H,37,41). The first kappa shape index (κ1) is 34.6. The Bertz CT molecular complexity index is 1560. The molecule has 2 amide bonds. The van der Waals surface area contributed by atoms with Crippen molar-refractivity contribution in [3.8, 4) is 5.75 Å². The molecule has 1 aliphatic rings. The van der Waals surface area contributed by atoms with Gasteiger partial charge in [0.05, 0.1) is 27.2 Å². The summed E-state index contributed by atoms with van der Waals surface area (Å²) in [6.45, 7) is 5.53. The maximum Gasteiger partial charge on any atom is 0.264 e. The molecular weight excluding hydrogens is 633 g/mol. The van der Waals surface area contributed by atoms with Gasteiger partial charge in [0.1, 0.15) is 18.3 Å². The Kier molecular flexibility index (Phi) is 12.2. The molecule has 11 heteroatoms. The van der Waals surface area contributed by atoms with Gasteiger partial charge in [0, 0.05) is 12.6 Å². The van der Waals surface area contributed by atoms with Crippen LogP contribution in [0.5, 0.6) is 5.75 Å². The fourth-order valence-corrected chi connectivity index (χ4v) is 7.27. The fraction of sp³-hybridized carbons (Fsp3) is 0.412. The molecule has 8 nitrogen and oxygen atoms in total. The second kappa shape index (κ2) is 15.8. The summed E-state index contributed by atoms with van der Waals surface area (Å²) in [5.74, 6) is -0.213. The van der Waals surface area contributed by atoms with Crippen LogP contribution >= 0.6 is 23.2 Å². The lowest BCUT2D eigenvalue weighted by atomic mass is 9.95. The van der Waals surface area contributed by atoms with Gasteiger partial charge in [0.2, 0.25) is 11.8 Å². The van der Waals surface area contributed by atoms with Crippen molar-refractivity contribution in [2.75, 3.05) is 17.5 Å². The van der Waals surface area contributed by atoms with E-state index in [9.17, 15) is 18.0 Å². The molecule has 0 aliphatic heterocycles. The predicted molar refractivity (Wildman–Crippen MR) is 179 cm³/mol. The fourth-order valence-electron chi connectivity index (χ4n) is 5.54. The van der Waals surface area contributed by atoms with Gasteiger partial charge in [-0.25, -0.2) is 8.42 Å². The molecule has 1 atom stereocenters. The number of carbonyl (C=O) groups is 2. The zero-order valence-electron chi connectivity index (χ0n) is 26.0. The Labute approximate surface area is 276 Å². The van der Waals surface area contributed by atoms with Gasteiger partial charge in [0.25, 0.3) is 10.0 Å². The van der Waals surface area contributed by atoms with Gasteiger partial charge in [-0.3, -0.25) is 13.9 Å². The summed E-state index contributed by atoms with van der Waals surface area (Å²) in [6.07, 6.45) is 5.34. The normalized spacial score (nSPS) is 14.4. The number of halogens is 2. The number of carbonyl (C=O) groups excluding carboxylic acids is 2. The molecule has 0 bridgehead atoms. The summed E-state index contributed by atoms with van der Waals surface area (Å²) in [5, 5.41) is 3.84. The molecule has 1 saturated carbocycles. The van der Waals surface area contributed by atoms with Crippen LogP contribution < -0.4 is 14.4 Å². The van der Waals surface area contributed by atoms with Gasteiger partial charge in [-0.2, -0.15) is 0 Å². The van der Waals surface area contributed by atoms with Gasteiger partial charge < -0.3 is 15.0 Å². The average Bonchev–Trinajstić information content (AvgIpc) is 3.02. The summed E-state index contributed by atoms with van der Waals surface area (Å²) >= 11 is 12.5. The molecule has 3 aromatic rings. The van der Waals surface area contributed by atoms with Crippen LogP contribution in [-0.2, 0) is 26.2 Å². The van der Waals surface area contributed by atoms with E-state index in [2.05, 4.69) is 5.32 Å². The van der Waals surface area contributed by atoms with Crippen molar-refractivity contribution in [3.05, 3.63) is 87.9 Å². The van der Waals surface area contributed by atoms with Crippen LogP contribution in [0.3, 0.4) is 0 Å². The molecule has 0 radical (unpaired) electrons. The van der Waals surface area contributed by atoms with E-state index in [0.29, 0.717) is 40.1 Å². The van der Waals surface area contributed by atoms with Crippen molar-refractivity contribution in [2.24, 2.45) is 0 Å². The van der Waals surface area contributed by atoms with E-state index >= 15 is 0 Å². The number of nitrogens with zero attached hydrogens (tertiary/aromatic N) is 2. The molecule has 242 valence electrons. The number of hydrogen-bond acceptors (Lipinski definition) is 5. The van der Waals surface area contributed by atoms with E-state index in [-0.39, 0.29) is 23.4 Å². The highest BCUT2D eigenvalue weighted by molar-refractivity contribution is 7.92. The summed E-state index contributed by atoms with van der Waals surface area (Å²) in [4.78, 5) is 29.5. The van der Waals surface area contributed by atoms with Gasteiger partial charge in [0.15, 0.2) is 0 Å². The summed E-state index contributed by atoms with van der Waals surface area (Å²) in [5.41, 5.74) is 1.86. The maximum absolute atomic E-state index is 14.3. The number of rotatable bonds is 13. The minimum absolute atomic E-state index is 0.0357. The summed E-state index contributed by atoms with van der Waals surface area (Å²) < 4.78 is 34.8. The number of anilines is 1. The number of benzene rings is 3. The minimum atomic E-state index is -4.18. The van der Waals surface area contributed by atoms with Crippen molar-refractivity contribution in [1.29, 1.82) is 0 Å². The third kappa shape index (κ3) is 8.93. The monoisotopic (exact) mass is 673 g/mol. The van der Waals surface area contributed by atoms with Crippen LogP contribution in [-0.4, -0.2) is 50.4 Å². The van der Waals surface area contributed by atoms with Crippen molar-refractivity contribution in [2.45, 2.75) is 82.8 Å². The van der Waals surface area contributed by atoms with E-state index in [1.165, 1.54) is 17.0 Å². The van der Waals surface area contributed by atoms with Crippen LogP contribution in [0.2, 0.25) is 10.0 Å². The summed E-state index contributed by atoms with van der Waals surface area (Å²) in [6, 6.07) is 17.3. The second-order valence-corrected chi connectivity index (χ2v) is 14.0. The molecule has 0 saturated heterocycles. The molecule has 3 aromatic carbocycles. The highest BCUT2D eigenvalue weighted by Gasteiger charge is 2.34. The lowest BCUT2D eigenvalue weighted by Crippen LogP contribution is -2.54. The molecule has 1 aliphatic carbocycles. The van der Waals surface area contributed by atoms with Crippen molar-refractivity contribution in [1.82, 2.24) is 10.2 Å². The van der Waals surface area contributed by atoms with Gasteiger partial charge >= 0.3 is 0 Å². The number of hydrogen-bond donors (Lipinski definition) is 1. The third-order valence-corrected chi connectivity index (χ3v) is 10.5. The number of aryl methyl sites for hydroxylation is 1. The van der Waals surface area contributed by atoms with Crippen molar-refractivity contribution in [3.63, 3.8) is 0 Å². The van der Waals surface area contributed by atoms with Crippen LogP contribution in [0.4, 0.5) is 5.69 Å². The van der Waals surface area contributed by atoms with Crippen molar-refractivity contribution < 1.29 is 22.7 Å². The number of amides is 2. The van der Waals surface area contributed by atoms with E-state index in [4.69, 9.17) is 27.9 Å². The molecule has 1 N–H and O–H groups in total. The Morgan fingerprint density at radius 1 is 0.933 bits per heavy atom. The molecule has 1 unspecified atom stereocenters. The van der Waals surface area contributed by atoms with E-state index < -0.39 is 28.5 Å². The molecule has 0 heterocycles. The quantitative estimate of drug-likeness (QED) is 0.208. The first-order chi connectivity index (χ1) is 21.5. The Morgan fingerprint density at radius 2 is 1.60 bits per heavy atom. The smallest absolute Gasteiger partial charge is 0.264 e. The first-order valence-electron chi connectivity index (χ1n) is 15.4. The van der Waals surface area contributed by atoms with Crippen LogP contribution in [0.25, 0.3) is 0 Å². The largest absolute Gasteiger partial charge is 0.494 e. The Morgan fingerprint density at radius 3 is 2.20 bits per heavy atom. The zero-order chi connectivity index (χ0) is 32.6. The first-order valence-corrected chi connectivity index (χ1v) is 17.6. The lowest BCUT2D eigenvalue weighted by molar-refractivity contribution is -0.140. The highest BCUT2D eigenvalue weighted by atomic mass is 35.5. The second-order valence-electron chi connectivity index (χ2n) is 11.3. The van der Waals surface area contributed by atoms with E-state index in [1.807, 2.05) is 20.8 Å². The molecule has 4 rings (SSSR count). The minimum Gasteiger partial charge on any atom is -0.494 e. The molecular formula is C34H41Cl2N3O5S. The highest BCUT2D eigenvalue weighted by Crippen LogP contribution is 2.28. The van der Waals surface area contributed by atoms with Gasteiger partial charge in [-0.15, -0.1) is 0 Å². The maximum atomic E-state index is 14.3. The zero-order valence-corrected chi connectivity index (χ0v) is 28.3. The van der Waals surface area contributed by atoms with Crippen LogP contribution in [0.15, 0.2) is 71.6 Å². The molecule has 1 fully saturated rings. The number of nitrogens with one attached hydrogen (secondary N) is 1. The number of ether oxygens (including phenoxy) is 1. The SMILES string of the molecule is CCOc1ccc(N(CC(=O)N(Cc2ccc(Cl)c(Cl)c2)C(CC)C(=O)NC2CCCCC2)S(=O)(=O)c2ccc(C)cc2)cc1. The average molecular weight is 675 g/mol. The third-order valence-electron chi connectivity index (χ3n) is 8.00. The molecule has 45 heavy (non-hydrogen) atoms. The summed E-state index contributed by atoms with van der Waals surface area (Å²) in [7, 11) is -4.18. The van der Waals surface area contributed by atoms with Gasteiger partial charge in [-0.1, -0.05) is 73.2 Å². The van der Waals surface area contributed by atoms with Crippen molar-refractivity contribution >= 4 is 50.7 Å². The molecule has 0 spiro atoms. The molecule has 0 aromatic heterocycles. The van der Waals surface area contributed by atoms with Crippen LogP contribution in [0.1, 0.15) is 63.5 Å². The van der Waals surface area contributed by atoms with E-state index in [0.717, 1.165) is 42.0 Å². The van der Waals surface area contributed by atoms with Gasteiger partial charge in [-0.05, 0) is 87.2 Å². The van der Waals surface area contributed by atoms with Crippen LogP contribution in [0, 0.1) is 6.92 Å². The lowest BCUT2D eigenvalue weighted by Gasteiger charge is -2.34. The predicted octanol–water partition coefficient (Wildman–Crippen LogP) is 7.15. The Hall–Kier alpha value is -3.27. The number of sulfonamides is 1. The topological polar surface area (TPSA) is 96.0 Å². The Balaban J connectivity index is 1.72.